The molecule has 0 aromatic rings. The van der Waals surface area contributed by atoms with Crippen LogP contribution in [0.4, 0.5) is 0 Å². The van der Waals surface area contributed by atoms with Crippen molar-refractivity contribution < 1.29 is 38.8 Å². The van der Waals surface area contributed by atoms with E-state index in [0.717, 1.165) is 12.2 Å². The van der Waals surface area contributed by atoms with Gasteiger partial charge in [-0.05, 0) is 13.0 Å². The zero-order valence-corrected chi connectivity index (χ0v) is 14.6. The molecule has 0 aliphatic carbocycles. The first-order valence-corrected chi connectivity index (χ1v) is 8.22. The van der Waals surface area contributed by atoms with Crippen LogP contribution in [0.25, 0.3) is 0 Å². The summed E-state index contributed by atoms with van der Waals surface area (Å²) >= 11 is 0. The molecule has 2 bridgehead atoms. The smallest absolute Gasteiger partial charge is 0.244 e. The van der Waals surface area contributed by atoms with E-state index in [1.54, 1.807) is 0 Å². The molecule has 0 saturated carbocycles. The molecule has 2 heterocycles. The molecule has 26 heavy (non-hydrogen) atoms. The van der Waals surface area contributed by atoms with Crippen molar-refractivity contribution in [2.24, 2.45) is 0 Å². The van der Waals surface area contributed by atoms with Gasteiger partial charge in [-0.3, -0.25) is 14.4 Å². The molecule has 146 valence electrons. The molecule has 0 aromatic carbocycles. The van der Waals surface area contributed by atoms with Gasteiger partial charge in [0.05, 0.1) is 19.8 Å². The Morgan fingerprint density at radius 2 is 2.00 bits per heavy atom. The molecule has 0 aromatic heterocycles. The van der Waals surface area contributed by atoms with Crippen molar-refractivity contribution in [1.82, 2.24) is 10.6 Å². The second kappa shape index (κ2) is 8.69. The Bertz CT molecular complexity index is 581. The molecular weight excluding hydrogens is 348 g/mol. The Balaban J connectivity index is 1.79. The van der Waals surface area contributed by atoms with E-state index in [4.69, 9.17) is 14.2 Å². The highest BCUT2D eigenvalue weighted by Gasteiger charge is 2.59. The summed E-state index contributed by atoms with van der Waals surface area (Å²) in [5.41, 5.74) is -1.24. The first kappa shape index (κ1) is 20.5. The number of allylic oxidation sites excluding steroid dienone is 1. The number of hydrogen-bond donors (Lipinski definition) is 4. The van der Waals surface area contributed by atoms with Gasteiger partial charge in [0.25, 0.3) is 0 Å². The highest BCUT2D eigenvalue weighted by atomic mass is 16.7. The normalized spacial score (nSPS) is 33.2. The van der Waals surface area contributed by atoms with Crippen LogP contribution in [-0.4, -0.2) is 84.3 Å². The predicted molar refractivity (Wildman–Crippen MR) is 86.8 cm³/mol. The number of fused-ring (bicyclic) bond motifs is 2. The molecule has 2 aliphatic rings. The third-order valence-corrected chi connectivity index (χ3v) is 4.10. The van der Waals surface area contributed by atoms with E-state index < -0.39 is 36.0 Å². The fourth-order valence-electron chi connectivity index (χ4n) is 2.82. The van der Waals surface area contributed by atoms with Crippen LogP contribution in [0.15, 0.2) is 12.2 Å². The van der Waals surface area contributed by atoms with E-state index in [1.165, 1.54) is 13.8 Å². The van der Waals surface area contributed by atoms with Crippen LogP contribution < -0.4 is 10.6 Å². The third-order valence-electron chi connectivity index (χ3n) is 4.10. The largest absolute Gasteiger partial charge is 0.388 e. The molecule has 0 spiro atoms. The van der Waals surface area contributed by atoms with Crippen molar-refractivity contribution in [2.45, 2.75) is 44.0 Å². The van der Waals surface area contributed by atoms with Gasteiger partial charge in [0.1, 0.15) is 23.9 Å². The maximum absolute atomic E-state index is 11.4. The van der Waals surface area contributed by atoms with Crippen molar-refractivity contribution in [1.29, 1.82) is 0 Å². The van der Waals surface area contributed by atoms with Gasteiger partial charge in [-0.1, -0.05) is 0 Å². The minimum absolute atomic E-state index is 0.000311. The second-order valence-corrected chi connectivity index (χ2v) is 6.31. The van der Waals surface area contributed by atoms with E-state index in [-0.39, 0.29) is 38.1 Å². The lowest BCUT2D eigenvalue weighted by Gasteiger charge is -2.42. The predicted octanol–water partition coefficient (Wildman–Crippen LogP) is -2.38. The molecule has 10 nitrogen and oxygen atoms in total. The maximum atomic E-state index is 11.4. The van der Waals surface area contributed by atoms with Crippen LogP contribution in [0.3, 0.4) is 0 Å². The van der Waals surface area contributed by atoms with Crippen molar-refractivity contribution in [3.05, 3.63) is 12.2 Å². The Morgan fingerprint density at radius 3 is 2.65 bits per heavy atom. The average Bonchev–Trinajstić information content (AvgIpc) is 2.97. The molecule has 2 fully saturated rings. The Kier molecular flexibility index (Phi) is 6.84. The lowest BCUT2D eigenvalue weighted by atomic mass is 9.88. The highest BCUT2D eigenvalue weighted by molar-refractivity contribution is 5.96. The van der Waals surface area contributed by atoms with E-state index in [1.807, 2.05) is 0 Å². The fraction of sp³-hybridized carbons (Fsp3) is 0.688. The lowest BCUT2D eigenvalue weighted by molar-refractivity contribution is -0.237. The van der Waals surface area contributed by atoms with Gasteiger partial charge in [-0.15, -0.1) is 0 Å². The molecule has 5 atom stereocenters. The molecule has 2 aliphatic heterocycles. The molecular formula is C16H24N2O8. The zero-order valence-electron chi connectivity index (χ0n) is 14.6. The van der Waals surface area contributed by atoms with Gasteiger partial charge < -0.3 is 35.1 Å². The van der Waals surface area contributed by atoms with Crippen LogP contribution in [0.2, 0.25) is 0 Å². The number of rotatable bonds is 8. The van der Waals surface area contributed by atoms with Crippen LogP contribution in [0.5, 0.6) is 0 Å². The third kappa shape index (κ3) is 4.86. The monoisotopic (exact) mass is 372 g/mol. The highest BCUT2D eigenvalue weighted by Crippen LogP contribution is 2.37. The topological polar surface area (TPSA) is 143 Å². The number of aliphatic hydroxyl groups is 2. The van der Waals surface area contributed by atoms with E-state index in [9.17, 15) is 24.6 Å². The Labute approximate surface area is 150 Å². The summed E-state index contributed by atoms with van der Waals surface area (Å²) in [6.07, 6.45) is -1.17. The summed E-state index contributed by atoms with van der Waals surface area (Å²) in [4.78, 5) is 33.3. The lowest BCUT2D eigenvalue weighted by Crippen LogP contribution is -2.66. The SMILES string of the molecule is CC(=O)/C=C/C(=O)NCCOC[C@@]12CO[C@H](O1)[C@@H](NC(C)=O)C(O)C2O. The van der Waals surface area contributed by atoms with Crippen LogP contribution in [0, 0.1) is 0 Å². The maximum Gasteiger partial charge on any atom is 0.244 e. The fourth-order valence-corrected chi connectivity index (χ4v) is 2.82. The minimum Gasteiger partial charge on any atom is -0.388 e. The standard InChI is InChI=1S/C16H24N2O8/c1-9(19)3-4-11(21)17-5-6-24-7-16-8-25-15(26-16)12(18-10(2)20)13(22)14(16)23/h3-4,12-15,22-23H,5-8H2,1-2H3,(H,17,21)(H,18,20)/b4-3+/t12-,13?,14?,15+,16-/m0/s1. The Morgan fingerprint density at radius 1 is 1.27 bits per heavy atom. The molecule has 2 saturated heterocycles. The van der Waals surface area contributed by atoms with Crippen LogP contribution in [0.1, 0.15) is 13.8 Å². The van der Waals surface area contributed by atoms with E-state index in [0.29, 0.717) is 0 Å². The van der Waals surface area contributed by atoms with Crippen molar-refractivity contribution in [2.75, 3.05) is 26.4 Å². The summed E-state index contributed by atoms with van der Waals surface area (Å²) in [5, 5.41) is 25.6. The zero-order chi connectivity index (χ0) is 19.3. The number of aliphatic hydroxyl groups excluding tert-OH is 2. The molecule has 2 rings (SSSR count). The van der Waals surface area contributed by atoms with Gasteiger partial charge >= 0.3 is 0 Å². The quantitative estimate of drug-likeness (QED) is 0.273. The Hall–Kier alpha value is -1.85. The molecule has 2 unspecified atom stereocenters. The van der Waals surface area contributed by atoms with Crippen molar-refractivity contribution in [3.8, 4) is 0 Å². The molecule has 4 N–H and O–H groups in total. The van der Waals surface area contributed by atoms with Crippen LogP contribution in [-0.2, 0) is 28.6 Å². The summed E-state index contributed by atoms with van der Waals surface area (Å²) in [6, 6.07) is -0.870. The summed E-state index contributed by atoms with van der Waals surface area (Å²) in [7, 11) is 0. The van der Waals surface area contributed by atoms with Gasteiger partial charge in [0, 0.05) is 19.5 Å². The average molecular weight is 372 g/mol. The van der Waals surface area contributed by atoms with E-state index in [2.05, 4.69) is 10.6 Å². The number of nitrogens with one attached hydrogen (secondary N) is 2. The number of carbonyl (C=O) groups excluding carboxylic acids is 3. The first-order valence-electron chi connectivity index (χ1n) is 8.22. The summed E-state index contributed by atoms with van der Waals surface area (Å²) < 4.78 is 16.5. The minimum atomic E-state index is -1.31. The van der Waals surface area contributed by atoms with Gasteiger partial charge in [-0.2, -0.15) is 0 Å². The van der Waals surface area contributed by atoms with Crippen LogP contribution >= 0.6 is 0 Å². The number of ether oxygens (including phenoxy) is 3. The second-order valence-electron chi connectivity index (χ2n) is 6.31. The van der Waals surface area contributed by atoms with Gasteiger partial charge in [0.15, 0.2) is 12.1 Å². The first-order chi connectivity index (χ1) is 12.2. The van der Waals surface area contributed by atoms with Crippen molar-refractivity contribution in [3.63, 3.8) is 0 Å². The van der Waals surface area contributed by atoms with Gasteiger partial charge in [-0.25, -0.2) is 0 Å². The number of carbonyl (C=O) groups is 3. The number of hydrogen-bond acceptors (Lipinski definition) is 8. The summed E-state index contributed by atoms with van der Waals surface area (Å²) in [6.45, 7) is 2.89. The molecule has 0 radical (unpaired) electrons. The van der Waals surface area contributed by atoms with Crippen molar-refractivity contribution >= 4 is 17.6 Å². The molecule has 10 heteroatoms. The summed E-state index contributed by atoms with van der Waals surface area (Å²) in [5.74, 6) is -1.03. The van der Waals surface area contributed by atoms with Gasteiger partial charge in [0.2, 0.25) is 11.8 Å². The van der Waals surface area contributed by atoms with E-state index >= 15 is 0 Å². The molecule has 2 amide bonds. The number of amides is 2. The number of ketones is 1.